The highest BCUT2D eigenvalue weighted by Crippen LogP contribution is 2.19. The summed E-state index contributed by atoms with van der Waals surface area (Å²) in [7, 11) is 0. The lowest BCUT2D eigenvalue weighted by Crippen LogP contribution is -2.14. The van der Waals surface area contributed by atoms with Gasteiger partial charge in [-0.1, -0.05) is 18.2 Å². The first kappa shape index (κ1) is 9.41. The van der Waals surface area contributed by atoms with E-state index in [1.807, 2.05) is 36.4 Å². The van der Waals surface area contributed by atoms with Crippen molar-refractivity contribution in [2.75, 3.05) is 0 Å². The Balaban J connectivity index is 2.37. The molecular weight excluding hydrogens is 226 g/mol. The summed E-state index contributed by atoms with van der Waals surface area (Å²) < 4.78 is 0. The van der Waals surface area contributed by atoms with E-state index in [4.69, 9.17) is 0 Å². The lowest BCUT2D eigenvalue weighted by Gasteiger charge is -2.01. The number of carbonyl (C=O) groups excluding carboxylic acids is 1. The van der Waals surface area contributed by atoms with Crippen LogP contribution in [0.2, 0.25) is 0 Å². The van der Waals surface area contributed by atoms with Crippen molar-refractivity contribution in [3.05, 3.63) is 57.5 Å². The van der Waals surface area contributed by atoms with Crippen LogP contribution in [-0.4, -0.2) is 12.1 Å². The van der Waals surface area contributed by atoms with E-state index in [0.717, 1.165) is 27.2 Å². The Kier molecular flexibility index (Phi) is 1.67. The van der Waals surface area contributed by atoms with Crippen LogP contribution in [0.1, 0.15) is 0 Å². The second-order valence-corrected chi connectivity index (χ2v) is 4.16. The third kappa shape index (κ3) is 1.14. The van der Waals surface area contributed by atoms with E-state index in [1.165, 1.54) is 6.21 Å². The van der Waals surface area contributed by atoms with Gasteiger partial charge in [0.25, 0.3) is 5.91 Å². The summed E-state index contributed by atoms with van der Waals surface area (Å²) >= 11 is 0. The summed E-state index contributed by atoms with van der Waals surface area (Å²) in [5.74, 6) is -0.319. The highest BCUT2D eigenvalue weighted by atomic mass is 16.1. The predicted molar refractivity (Wildman–Crippen MR) is 65.7 cm³/mol. The average molecular weight is 233 g/mol. The van der Waals surface area contributed by atoms with E-state index < -0.39 is 0 Å². The SMILES string of the molecule is O=C1C=Nc2ccc3c(c2=N1)=c1ccccc1=N3. The second kappa shape index (κ2) is 3.20. The van der Waals surface area contributed by atoms with Crippen LogP contribution in [0.4, 0.5) is 11.4 Å². The Morgan fingerprint density at radius 2 is 1.72 bits per heavy atom. The van der Waals surface area contributed by atoms with Crippen LogP contribution in [0, 0.1) is 10.4 Å². The maximum absolute atomic E-state index is 11.4. The number of benzene rings is 2. The molecule has 0 unspecified atom stereocenters. The Bertz CT molecular complexity index is 942. The van der Waals surface area contributed by atoms with Gasteiger partial charge in [0.2, 0.25) is 0 Å². The molecule has 2 aromatic carbocycles. The smallest absolute Gasteiger partial charge is 0.266 e. The maximum atomic E-state index is 11.4. The molecule has 4 nitrogen and oxygen atoms in total. The quantitative estimate of drug-likeness (QED) is 0.573. The Morgan fingerprint density at radius 1 is 0.889 bits per heavy atom. The van der Waals surface area contributed by atoms with Crippen LogP contribution in [0.25, 0.3) is 0 Å². The Labute approximate surface area is 101 Å². The van der Waals surface area contributed by atoms with Crippen molar-refractivity contribution in [2.45, 2.75) is 0 Å². The first-order valence-electron chi connectivity index (χ1n) is 5.61. The number of hydrogen-bond donors (Lipinski definition) is 0. The van der Waals surface area contributed by atoms with E-state index in [9.17, 15) is 4.79 Å². The number of fused-ring (bicyclic) bond motifs is 4. The number of rotatable bonds is 0. The number of amides is 1. The molecule has 0 aromatic heterocycles. The topological polar surface area (TPSA) is 54.1 Å². The van der Waals surface area contributed by atoms with Crippen LogP contribution >= 0.6 is 0 Å². The number of para-hydroxylation sites is 1. The summed E-state index contributed by atoms with van der Waals surface area (Å²) in [6, 6.07) is 11.6. The molecule has 84 valence electrons. The Hall–Kier alpha value is -2.62. The van der Waals surface area contributed by atoms with Gasteiger partial charge in [0.05, 0.1) is 22.9 Å². The molecule has 0 saturated heterocycles. The van der Waals surface area contributed by atoms with Gasteiger partial charge >= 0.3 is 0 Å². The zero-order chi connectivity index (χ0) is 12.1. The highest BCUT2D eigenvalue weighted by molar-refractivity contribution is 6.27. The molecule has 2 aliphatic rings. The molecule has 2 aliphatic heterocycles. The van der Waals surface area contributed by atoms with Crippen molar-refractivity contribution in [3.8, 4) is 0 Å². The van der Waals surface area contributed by atoms with E-state index in [1.54, 1.807) is 0 Å². The fourth-order valence-electron chi connectivity index (χ4n) is 2.32. The lowest BCUT2D eigenvalue weighted by molar-refractivity contribution is -0.111. The number of hydrogen-bond acceptors (Lipinski definition) is 3. The first-order chi connectivity index (χ1) is 8.83. The molecule has 0 saturated carbocycles. The molecular formula is C14H7N3O. The number of aliphatic imine (C=N–C) groups is 1. The van der Waals surface area contributed by atoms with Crippen LogP contribution in [0.3, 0.4) is 0 Å². The largest absolute Gasteiger partial charge is 0.288 e. The predicted octanol–water partition coefficient (Wildman–Crippen LogP) is 1.10. The molecule has 0 spiro atoms. The van der Waals surface area contributed by atoms with Crippen LogP contribution < -0.4 is 10.7 Å². The van der Waals surface area contributed by atoms with Gasteiger partial charge < -0.3 is 0 Å². The highest BCUT2D eigenvalue weighted by Gasteiger charge is 2.12. The second-order valence-electron chi connectivity index (χ2n) is 4.16. The van der Waals surface area contributed by atoms with E-state index in [-0.39, 0.29) is 5.91 Å². The molecule has 2 heterocycles. The van der Waals surface area contributed by atoms with Crippen LogP contribution in [0.15, 0.2) is 51.4 Å². The van der Waals surface area contributed by atoms with Crippen molar-refractivity contribution in [2.24, 2.45) is 15.0 Å². The summed E-state index contributed by atoms with van der Waals surface area (Å²) in [6.07, 6.45) is 1.24. The van der Waals surface area contributed by atoms with Gasteiger partial charge in [-0.25, -0.2) is 15.0 Å². The van der Waals surface area contributed by atoms with Gasteiger partial charge in [0.1, 0.15) is 5.36 Å². The van der Waals surface area contributed by atoms with Gasteiger partial charge in [-0.15, -0.1) is 0 Å². The molecule has 0 fully saturated rings. The molecule has 1 amide bonds. The number of nitrogens with zero attached hydrogens (tertiary/aromatic N) is 3. The van der Waals surface area contributed by atoms with Crippen molar-refractivity contribution in [3.63, 3.8) is 0 Å². The molecule has 2 aromatic rings. The number of carbonyl (C=O) groups is 1. The lowest BCUT2D eigenvalue weighted by atomic mass is 10.1. The molecule has 4 heteroatoms. The Morgan fingerprint density at radius 3 is 2.67 bits per heavy atom. The van der Waals surface area contributed by atoms with E-state index in [2.05, 4.69) is 15.0 Å². The molecule has 0 radical (unpaired) electrons. The molecule has 0 bridgehead atoms. The minimum atomic E-state index is -0.319. The van der Waals surface area contributed by atoms with E-state index >= 15 is 0 Å². The fourth-order valence-corrected chi connectivity index (χ4v) is 2.32. The monoisotopic (exact) mass is 233 g/mol. The first-order valence-corrected chi connectivity index (χ1v) is 5.61. The zero-order valence-electron chi connectivity index (χ0n) is 9.29. The zero-order valence-corrected chi connectivity index (χ0v) is 9.29. The third-order valence-corrected chi connectivity index (χ3v) is 3.08. The van der Waals surface area contributed by atoms with Gasteiger partial charge in [0.15, 0.2) is 0 Å². The molecule has 0 N–H and O–H groups in total. The van der Waals surface area contributed by atoms with Crippen molar-refractivity contribution < 1.29 is 4.79 Å². The van der Waals surface area contributed by atoms with Gasteiger partial charge in [-0.05, 0) is 18.2 Å². The van der Waals surface area contributed by atoms with Crippen molar-refractivity contribution in [1.82, 2.24) is 0 Å². The standard InChI is InChI=1S/C14H7N3O/c18-12-7-15-11-6-5-10-13(14(11)17-12)8-3-1-2-4-9(8)16-10/h1-7H. The summed E-state index contributed by atoms with van der Waals surface area (Å²) in [6.45, 7) is 0. The van der Waals surface area contributed by atoms with E-state index in [0.29, 0.717) is 5.36 Å². The minimum Gasteiger partial charge on any atom is -0.266 e. The van der Waals surface area contributed by atoms with Gasteiger partial charge in [-0.3, -0.25) is 4.79 Å². The third-order valence-electron chi connectivity index (χ3n) is 3.08. The fraction of sp³-hybridized carbons (Fsp3) is 0. The van der Waals surface area contributed by atoms with Crippen LogP contribution in [-0.2, 0) is 4.79 Å². The van der Waals surface area contributed by atoms with Crippen molar-refractivity contribution >= 4 is 23.5 Å². The average Bonchev–Trinajstić information content (AvgIpc) is 2.77. The maximum Gasteiger partial charge on any atom is 0.288 e. The molecule has 18 heavy (non-hydrogen) atoms. The molecule has 0 atom stereocenters. The normalized spacial score (nSPS) is 14.3. The molecule has 4 rings (SSSR count). The summed E-state index contributed by atoms with van der Waals surface area (Å²) in [5, 5.41) is 3.47. The van der Waals surface area contributed by atoms with Gasteiger partial charge in [0, 0.05) is 10.4 Å². The summed E-state index contributed by atoms with van der Waals surface area (Å²) in [4.78, 5) is 24.1. The minimum absolute atomic E-state index is 0.319. The van der Waals surface area contributed by atoms with Gasteiger partial charge in [-0.2, -0.15) is 0 Å². The summed E-state index contributed by atoms with van der Waals surface area (Å²) in [5.41, 5.74) is 1.57. The molecule has 0 aliphatic carbocycles. The van der Waals surface area contributed by atoms with Crippen molar-refractivity contribution in [1.29, 1.82) is 0 Å². The van der Waals surface area contributed by atoms with Crippen LogP contribution in [0.5, 0.6) is 0 Å².